The van der Waals surface area contributed by atoms with E-state index in [0.717, 1.165) is 105 Å². The van der Waals surface area contributed by atoms with Crippen LogP contribution in [0.2, 0.25) is 28.2 Å². The Morgan fingerprint density at radius 1 is 1.02 bits per heavy atom. The second-order valence-corrected chi connectivity index (χ2v) is 24.4. The molecular weight excluding hydrogens is 846 g/mol. The number of nitrogens with zero attached hydrogens (tertiary/aromatic N) is 5. The smallest absolute Gasteiger partial charge is 0.354 e. The Morgan fingerprint density at radius 2 is 1.80 bits per heavy atom. The van der Waals surface area contributed by atoms with Gasteiger partial charge in [0, 0.05) is 87.2 Å². The first-order chi connectivity index (χ1) is 29.0. The van der Waals surface area contributed by atoms with Gasteiger partial charge in [0.2, 0.25) is 0 Å². The van der Waals surface area contributed by atoms with Gasteiger partial charge in [-0.25, -0.2) is 9.48 Å². The number of ether oxygens (including phenoxy) is 2. The van der Waals surface area contributed by atoms with E-state index in [1.165, 1.54) is 7.11 Å². The zero-order valence-corrected chi connectivity index (χ0v) is 40.3. The number of thioether (sulfide) groups is 1. The van der Waals surface area contributed by atoms with E-state index in [-0.39, 0.29) is 23.0 Å². The van der Waals surface area contributed by atoms with Crippen molar-refractivity contribution < 1.29 is 23.8 Å². The SMILES string of the molecule is COC(=O)c1c(C)c2c(-c3c(CSCc4cc(CCc5cc(O)c6ccc(Cl)cc6c5)n(C)n4)nn(C4CCCCO4)c3C)c(Cl)ccc2n1CCCO[Si](C)(C)C(C)(C)C. The Balaban J connectivity index is 1.17. The molecule has 7 rings (SSSR count). The normalized spacial score (nSPS) is 15.0. The van der Waals surface area contributed by atoms with Crippen LogP contribution in [-0.4, -0.2) is 63.8 Å². The van der Waals surface area contributed by atoms with E-state index in [1.807, 2.05) is 53.7 Å². The Labute approximate surface area is 375 Å². The fraction of sp³-hybridized carbons (Fsp3) is 0.468. The number of carbonyl (C=O) groups is 1. The van der Waals surface area contributed by atoms with Crippen LogP contribution in [0.5, 0.6) is 5.75 Å². The van der Waals surface area contributed by atoms with Gasteiger partial charge < -0.3 is 23.6 Å². The molecule has 3 aromatic carbocycles. The molecule has 0 aliphatic carbocycles. The molecule has 1 fully saturated rings. The summed E-state index contributed by atoms with van der Waals surface area (Å²) in [5, 5.41) is 24.8. The van der Waals surface area contributed by atoms with Crippen LogP contribution in [0, 0.1) is 13.8 Å². The van der Waals surface area contributed by atoms with E-state index in [9.17, 15) is 9.90 Å². The molecule has 0 spiro atoms. The summed E-state index contributed by atoms with van der Waals surface area (Å²) in [4.78, 5) is 13.6. The number of aryl methyl sites for hydroxylation is 5. The monoisotopic (exact) mass is 903 g/mol. The average Bonchev–Trinajstić information content (AvgIpc) is 3.84. The molecular formula is C47H59Cl2N5O5SSi. The summed E-state index contributed by atoms with van der Waals surface area (Å²) >= 11 is 15.3. The van der Waals surface area contributed by atoms with E-state index in [4.69, 9.17) is 47.3 Å². The standard InChI is InChI=1S/C47H59Cl2N5O5SSi/c1-29-42-39(53(45(29)46(56)57-7)20-12-22-59-61(8,9)47(3,4)5)19-18-37(49)44(42)43-30(2)54(41-13-10-11-21-58-41)51-38(43)28-60-27-34-26-35(52(6)50-34)16-14-31-23-32-25-33(48)15-17-36(32)40(55)24-31/h15,17-19,23-26,41,55H,10-14,16,20-22,27-28H2,1-9H3. The van der Waals surface area contributed by atoms with E-state index < -0.39 is 8.32 Å². The maximum absolute atomic E-state index is 13.6. The number of fused-ring (bicyclic) bond motifs is 2. The minimum atomic E-state index is -1.94. The molecule has 1 unspecified atom stereocenters. The highest BCUT2D eigenvalue weighted by atomic mass is 35.5. The number of carbonyl (C=O) groups excluding carboxylic acids is 1. The zero-order chi connectivity index (χ0) is 43.8. The van der Waals surface area contributed by atoms with Gasteiger partial charge in [0.1, 0.15) is 17.7 Å². The van der Waals surface area contributed by atoms with Crippen molar-refractivity contribution in [1.29, 1.82) is 0 Å². The number of aromatic hydroxyl groups is 1. The first kappa shape index (κ1) is 45.2. The molecule has 326 valence electrons. The van der Waals surface area contributed by atoms with E-state index in [2.05, 4.69) is 57.5 Å². The number of methoxy groups -OCH3 is 1. The highest BCUT2D eigenvalue weighted by Gasteiger charge is 2.37. The number of hydrogen-bond donors (Lipinski definition) is 1. The molecule has 61 heavy (non-hydrogen) atoms. The summed E-state index contributed by atoms with van der Waals surface area (Å²) in [6, 6.07) is 15.6. The van der Waals surface area contributed by atoms with Crippen molar-refractivity contribution in [3.8, 4) is 16.9 Å². The Morgan fingerprint density at radius 3 is 2.52 bits per heavy atom. The van der Waals surface area contributed by atoms with Crippen molar-refractivity contribution in [2.75, 3.05) is 20.3 Å². The van der Waals surface area contributed by atoms with Crippen molar-refractivity contribution in [1.82, 2.24) is 24.1 Å². The molecule has 0 radical (unpaired) electrons. The average molecular weight is 905 g/mol. The van der Waals surface area contributed by atoms with Crippen LogP contribution in [0.4, 0.5) is 0 Å². The van der Waals surface area contributed by atoms with Crippen molar-refractivity contribution in [3.05, 3.63) is 98.2 Å². The van der Waals surface area contributed by atoms with Crippen molar-refractivity contribution in [2.45, 2.75) is 116 Å². The van der Waals surface area contributed by atoms with Crippen LogP contribution in [0.3, 0.4) is 0 Å². The lowest BCUT2D eigenvalue weighted by molar-refractivity contribution is -0.0407. The second-order valence-electron chi connectivity index (χ2n) is 17.8. The van der Waals surface area contributed by atoms with Crippen LogP contribution >= 0.6 is 35.0 Å². The molecule has 1 N–H and O–H groups in total. The lowest BCUT2D eigenvalue weighted by Gasteiger charge is -2.36. The van der Waals surface area contributed by atoms with Gasteiger partial charge in [-0.05, 0) is 129 Å². The minimum Gasteiger partial charge on any atom is -0.507 e. The molecule has 3 aromatic heterocycles. The maximum atomic E-state index is 13.6. The van der Waals surface area contributed by atoms with Crippen LogP contribution in [0.15, 0.2) is 48.5 Å². The molecule has 0 bridgehead atoms. The summed E-state index contributed by atoms with van der Waals surface area (Å²) in [6.07, 6.45) is 5.09. The molecule has 1 aliphatic rings. The molecule has 4 heterocycles. The van der Waals surface area contributed by atoms with Crippen LogP contribution in [0.25, 0.3) is 32.8 Å². The summed E-state index contributed by atoms with van der Waals surface area (Å²) in [7, 11) is 1.48. The summed E-state index contributed by atoms with van der Waals surface area (Å²) < 4.78 is 24.3. The Kier molecular flexibility index (Phi) is 13.7. The van der Waals surface area contributed by atoms with Crippen LogP contribution in [0.1, 0.15) is 97.1 Å². The summed E-state index contributed by atoms with van der Waals surface area (Å²) in [5.41, 5.74) is 9.14. The number of rotatable bonds is 15. The fourth-order valence-corrected chi connectivity index (χ4v) is 10.7. The van der Waals surface area contributed by atoms with E-state index >= 15 is 0 Å². The van der Waals surface area contributed by atoms with Crippen molar-refractivity contribution in [3.63, 3.8) is 0 Å². The first-order valence-corrected chi connectivity index (χ1v) is 26.0. The van der Waals surface area contributed by atoms with E-state index in [1.54, 1.807) is 17.8 Å². The van der Waals surface area contributed by atoms with E-state index in [0.29, 0.717) is 47.0 Å². The van der Waals surface area contributed by atoms with Gasteiger partial charge in [0.15, 0.2) is 8.32 Å². The van der Waals surface area contributed by atoms with Crippen molar-refractivity contribution >= 4 is 70.9 Å². The topological polar surface area (TPSA) is 106 Å². The minimum absolute atomic E-state index is 0.107. The molecule has 6 aromatic rings. The number of esters is 1. The van der Waals surface area contributed by atoms with Crippen molar-refractivity contribution in [2.24, 2.45) is 7.05 Å². The van der Waals surface area contributed by atoms with Gasteiger partial charge in [0.05, 0.1) is 18.5 Å². The second kappa shape index (κ2) is 18.5. The molecule has 0 saturated carbocycles. The predicted octanol–water partition coefficient (Wildman–Crippen LogP) is 12.1. The summed E-state index contributed by atoms with van der Waals surface area (Å²) in [5.74, 6) is 1.18. The number of phenolic OH excluding ortho intramolecular Hbond substituents is 1. The number of hydrogen-bond acceptors (Lipinski definition) is 8. The lowest BCUT2D eigenvalue weighted by Crippen LogP contribution is -2.41. The molecule has 10 nitrogen and oxygen atoms in total. The quantitative estimate of drug-likeness (QED) is 0.0617. The van der Waals surface area contributed by atoms with Crippen LogP contribution in [-0.2, 0) is 51.8 Å². The largest absolute Gasteiger partial charge is 0.507 e. The Bertz CT molecular complexity index is 2570. The fourth-order valence-electron chi connectivity index (χ4n) is 8.34. The highest BCUT2D eigenvalue weighted by Crippen LogP contribution is 2.44. The van der Waals surface area contributed by atoms with Crippen LogP contribution < -0.4 is 0 Å². The molecule has 1 aliphatic heterocycles. The Hall–Kier alpha value is -3.78. The first-order valence-electron chi connectivity index (χ1n) is 21.2. The van der Waals surface area contributed by atoms with Gasteiger partial charge in [-0.1, -0.05) is 50.0 Å². The molecule has 1 atom stereocenters. The molecule has 1 saturated heterocycles. The third kappa shape index (κ3) is 9.45. The third-order valence-electron chi connectivity index (χ3n) is 12.6. The van der Waals surface area contributed by atoms with Gasteiger partial charge in [-0.3, -0.25) is 4.68 Å². The highest BCUT2D eigenvalue weighted by molar-refractivity contribution is 7.97. The van der Waals surface area contributed by atoms with Gasteiger partial charge in [0.25, 0.3) is 0 Å². The predicted molar refractivity (Wildman–Crippen MR) is 252 cm³/mol. The molecule has 0 amide bonds. The summed E-state index contributed by atoms with van der Waals surface area (Å²) in [6.45, 7) is 17.2. The third-order valence-corrected chi connectivity index (χ3v) is 18.7. The van der Waals surface area contributed by atoms with Gasteiger partial charge in [-0.15, -0.1) is 11.8 Å². The number of halogens is 2. The van der Waals surface area contributed by atoms with Gasteiger partial charge >= 0.3 is 5.97 Å². The lowest BCUT2D eigenvalue weighted by atomic mass is 9.97. The van der Waals surface area contributed by atoms with Gasteiger partial charge in [-0.2, -0.15) is 10.2 Å². The maximum Gasteiger partial charge on any atom is 0.354 e. The molecule has 14 heteroatoms. The number of phenols is 1. The zero-order valence-electron chi connectivity index (χ0n) is 37.0. The number of aromatic nitrogens is 5. The number of benzene rings is 3.